The van der Waals surface area contributed by atoms with Crippen molar-refractivity contribution in [2.45, 2.75) is 6.92 Å². The average molecular weight is 387 g/mol. The lowest BCUT2D eigenvalue weighted by Gasteiger charge is -2.07. The normalized spacial score (nSPS) is 11.2. The molecule has 0 aliphatic heterocycles. The fourth-order valence-corrected chi connectivity index (χ4v) is 3.42. The summed E-state index contributed by atoms with van der Waals surface area (Å²) in [4.78, 5) is 21.6. The number of aromatic nitrogens is 4. The Kier molecular flexibility index (Phi) is 3.84. The van der Waals surface area contributed by atoms with Crippen LogP contribution >= 0.6 is 11.7 Å². The molecule has 0 fully saturated rings. The quantitative estimate of drug-likeness (QED) is 0.491. The summed E-state index contributed by atoms with van der Waals surface area (Å²) in [5.41, 5.74) is 5.10. The van der Waals surface area contributed by atoms with Crippen molar-refractivity contribution in [3.05, 3.63) is 65.9 Å². The molecule has 0 unspecified atom stereocenters. The van der Waals surface area contributed by atoms with Gasteiger partial charge in [-0.2, -0.15) is 8.75 Å². The van der Waals surface area contributed by atoms with Crippen LogP contribution in [0.5, 0.6) is 0 Å². The van der Waals surface area contributed by atoms with Gasteiger partial charge in [-0.05, 0) is 43.3 Å². The summed E-state index contributed by atoms with van der Waals surface area (Å²) in [6.07, 6.45) is 0. The van der Waals surface area contributed by atoms with Crippen LogP contribution in [0.15, 0.2) is 59.0 Å². The highest BCUT2D eigenvalue weighted by Gasteiger charge is 2.15. The van der Waals surface area contributed by atoms with Gasteiger partial charge in [0.2, 0.25) is 11.6 Å². The van der Waals surface area contributed by atoms with Gasteiger partial charge < -0.3 is 9.73 Å². The summed E-state index contributed by atoms with van der Waals surface area (Å²) >= 11 is 1.12. The molecule has 3 aromatic heterocycles. The van der Waals surface area contributed by atoms with E-state index in [0.717, 1.165) is 22.8 Å². The van der Waals surface area contributed by atoms with Crippen LogP contribution in [0.2, 0.25) is 0 Å². The van der Waals surface area contributed by atoms with E-state index in [0.29, 0.717) is 39.6 Å². The van der Waals surface area contributed by atoms with Crippen molar-refractivity contribution in [1.82, 2.24) is 18.7 Å². The number of anilines is 1. The van der Waals surface area contributed by atoms with Crippen LogP contribution < -0.4 is 5.32 Å². The number of fused-ring (bicyclic) bond motifs is 2. The number of pyridine rings is 1. The Morgan fingerprint density at radius 1 is 0.964 bits per heavy atom. The zero-order valence-corrected chi connectivity index (χ0v) is 15.5. The Morgan fingerprint density at radius 3 is 2.64 bits per heavy atom. The molecule has 1 amide bonds. The first-order valence-corrected chi connectivity index (χ1v) is 9.28. The number of hydrogen-bond donors (Lipinski definition) is 1. The van der Waals surface area contributed by atoms with E-state index in [-0.39, 0.29) is 5.91 Å². The number of nitrogens with zero attached hydrogens (tertiary/aromatic N) is 4. The van der Waals surface area contributed by atoms with Crippen molar-refractivity contribution in [2.24, 2.45) is 0 Å². The Morgan fingerprint density at radius 2 is 1.79 bits per heavy atom. The highest BCUT2D eigenvalue weighted by Crippen LogP contribution is 2.26. The Balaban J connectivity index is 1.48. The maximum absolute atomic E-state index is 12.7. The smallest absolute Gasteiger partial charge is 0.255 e. The summed E-state index contributed by atoms with van der Waals surface area (Å²) in [7, 11) is 0. The molecule has 5 rings (SSSR count). The first-order valence-electron chi connectivity index (χ1n) is 8.55. The molecule has 0 saturated heterocycles. The molecule has 8 heteroatoms. The summed E-state index contributed by atoms with van der Waals surface area (Å²) in [6, 6.07) is 16.6. The maximum atomic E-state index is 12.7. The van der Waals surface area contributed by atoms with Crippen molar-refractivity contribution in [3.8, 4) is 11.5 Å². The lowest BCUT2D eigenvalue weighted by atomic mass is 10.2. The minimum Gasteiger partial charge on any atom is -0.418 e. The molecule has 2 aromatic carbocycles. The molecule has 0 spiro atoms. The van der Waals surface area contributed by atoms with Gasteiger partial charge in [0.15, 0.2) is 0 Å². The minimum atomic E-state index is -0.245. The highest BCUT2D eigenvalue weighted by atomic mass is 32.1. The van der Waals surface area contributed by atoms with Gasteiger partial charge in [0, 0.05) is 11.1 Å². The molecule has 0 aliphatic rings. The number of hydrogen-bond acceptors (Lipinski definition) is 7. The van der Waals surface area contributed by atoms with E-state index >= 15 is 0 Å². The molecule has 0 atom stereocenters. The first kappa shape index (κ1) is 16.5. The summed E-state index contributed by atoms with van der Waals surface area (Å²) < 4.78 is 14.1. The molecule has 0 saturated carbocycles. The summed E-state index contributed by atoms with van der Waals surface area (Å²) in [6.45, 7) is 1.81. The van der Waals surface area contributed by atoms with Crippen LogP contribution in [0.1, 0.15) is 16.1 Å². The fourth-order valence-electron chi connectivity index (χ4n) is 2.90. The third-order valence-corrected chi connectivity index (χ3v) is 4.92. The fraction of sp³-hybridized carbons (Fsp3) is 0.0500. The Labute approximate surface area is 163 Å². The van der Waals surface area contributed by atoms with Crippen LogP contribution in [0, 0.1) is 6.92 Å². The number of amides is 1. The summed E-state index contributed by atoms with van der Waals surface area (Å²) in [5, 5.41) is 2.90. The van der Waals surface area contributed by atoms with Gasteiger partial charge in [-0.25, -0.2) is 9.97 Å². The number of aryl methyl sites for hydroxylation is 1. The van der Waals surface area contributed by atoms with Crippen molar-refractivity contribution >= 4 is 45.6 Å². The number of rotatable bonds is 3. The van der Waals surface area contributed by atoms with E-state index in [4.69, 9.17) is 4.42 Å². The lowest BCUT2D eigenvalue weighted by Crippen LogP contribution is -2.13. The molecule has 28 heavy (non-hydrogen) atoms. The number of oxazole rings is 1. The zero-order chi connectivity index (χ0) is 19.1. The second kappa shape index (κ2) is 6.50. The third kappa shape index (κ3) is 2.89. The van der Waals surface area contributed by atoms with Gasteiger partial charge in [0.1, 0.15) is 16.6 Å². The van der Waals surface area contributed by atoms with E-state index in [1.165, 1.54) is 0 Å². The van der Waals surface area contributed by atoms with Crippen LogP contribution in [0.4, 0.5) is 5.69 Å². The van der Waals surface area contributed by atoms with Gasteiger partial charge in [-0.1, -0.05) is 18.2 Å². The highest BCUT2D eigenvalue weighted by molar-refractivity contribution is 7.00. The number of nitrogens with one attached hydrogen (secondary N) is 1. The average Bonchev–Trinajstić information content (AvgIpc) is 3.34. The van der Waals surface area contributed by atoms with Crippen molar-refractivity contribution in [2.75, 3.05) is 5.32 Å². The SMILES string of the molecule is Cc1nc2oc(-c3ccccc3)nc2cc1NC(=O)c1ccc2nsnc2c1. The number of benzene rings is 2. The summed E-state index contributed by atoms with van der Waals surface area (Å²) in [5.74, 6) is 0.249. The van der Waals surface area contributed by atoms with Gasteiger partial charge in [-0.3, -0.25) is 4.79 Å². The second-order valence-corrected chi connectivity index (χ2v) is 6.78. The minimum absolute atomic E-state index is 0.245. The largest absolute Gasteiger partial charge is 0.418 e. The molecule has 136 valence electrons. The second-order valence-electron chi connectivity index (χ2n) is 6.25. The lowest BCUT2D eigenvalue weighted by molar-refractivity contribution is 0.102. The van der Waals surface area contributed by atoms with Gasteiger partial charge >= 0.3 is 0 Å². The predicted molar refractivity (Wildman–Crippen MR) is 107 cm³/mol. The zero-order valence-electron chi connectivity index (χ0n) is 14.7. The molecule has 0 bridgehead atoms. The van der Waals surface area contributed by atoms with E-state index < -0.39 is 0 Å². The topological polar surface area (TPSA) is 93.8 Å². The van der Waals surface area contributed by atoms with Crippen molar-refractivity contribution in [1.29, 1.82) is 0 Å². The Bertz CT molecular complexity index is 1330. The number of carbonyl (C=O) groups is 1. The van der Waals surface area contributed by atoms with E-state index in [9.17, 15) is 4.79 Å². The van der Waals surface area contributed by atoms with Gasteiger partial charge in [0.05, 0.1) is 23.1 Å². The molecule has 0 aliphatic carbocycles. The molecule has 7 nitrogen and oxygen atoms in total. The van der Waals surface area contributed by atoms with Crippen LogP contribution in [0.3, 0.4) is 0 Å². The first-order chi connectivity index (χ1) is 13.7. The monoisotopic (exact) mass is 387 g/mol. The van der Waals surface area contributed by atoms with Gasteiger partial charge in [0.25, 0.3) is 5.91 Å². The maximum Gasteiger partial charge on any atom is 0.255 e. The molecule has 3 heterocycles. The molecular weight excluding hydrogens is 374 g/mol. The predicted octanol–water partition coefficient (Wildman–Crippen LogP) is 4.46. The van der Waals surface area contributed by atoms with Crippen LogP contribution in [-0.4, -0.2) is 24.6 Å². The van der Waals surface area contributed by atoms with Crippen LogP contribution in [-0.2, 0) is 0 Å². The van der Waals surface area contributed by atoms with Crippen molar-refractivity contribution in [3.63, 3.8) is 0 Å². The van der Waals surface area contributed by atoms with Crippen LogP contribution in [0.25, 0.3) is 33.7 Å². The molecule has 0 radical (unpaired) electrons. The molecule has 5 aromatic rings. The van der Waals surface area contributed by atoms with E-state index in [2.05, 4.69) is 24.0 Å². The van der Waals surface area contributed by atoms with Gasteiger partial charge in [-0.15, -0.1) is 0 Å². The number of carbonyl (C=O) groups excluding carboxylic acids is 1. The Hall–Kier alpha value is -3.65. The standard InChI is InChI=1S/C20H13N5O2S/c1-11-15(22-18(26)13-7-8-14-16(9-13)25-28-24-14)10-17-20(21-11)27-19(23-17)12-5-3-2-4-6-12/h2-10H,1H3,(H,22,26). The molecular formula is C20H13N5O2S. The third-order valence-electron chi connectivity index (χ3n) is 4.36. The van der Waals surface area contributed by atoms with Crippen molar-refractivity contribution < 1.29 is 9.21 Å². The molecule has 1 N–H and O–H groups in total. The van der Waals surface area contributed by atoms with E-state index in [1.54, 1.807) is 24.3 Å². The van der Waals surface area contributed by atoms with E-state index in [1.807, 2.05) is 37.3 Å².